The minimum absolute atomic E-state index is 0.0995. The van der Waals surface area contributed by atoms with E-state index >= 15 is 0 Å². The van der Waals surface area contributed by atoms with Crippen LogP contribution in [0.15, 0.2) is 18.3 Å². The molecule has 1 aromatic heterocycles. The zero-order valence-corrected chi connectivity index (χ0v) is 13.3. The summed E-state index contributed by atoms with van der Waals surface area (Å²) in [5.74, 6) is -0.482. The molecule has 0 spiro atoms. The van der Waals surface area contributed by atoms with Crippen LogP contribution in [0.1, 0.15) is 16.7 Å². The molecule has 7 nitrogen and oxygen atoms in total. The highest BCUT2D eigenvalue weighted by Crippen LogP contribution is 2.34. The van der Waals surface area contributed by atoms with E-state index in [2.05, 4.69) is 25.9 Å². The third-order valence-corrected chi connectivity index (χ3v) is 3.30. The van der Waals surface area contributed by atoms with Gasteiger partial charge in [0.05, 0.1) is 17.3 Å². The van der Waals surface area contributed by atoms with Crippen LogP contribution in [0.25, 0.3) is 0 Å². The van der Waals surface area contributed by atoms with Gasteiger partial charge in [0.2, 0.25) is 5.95 Å². The van der Waals surface area contributed by atoms with Gasteiger partial charge in [-0.2, -0.15) is 23.4 Å². The van der Waals surface area contributed by atoms with E-state index in [9.17, 15) is 13.2 Å². The van der Waals surface area contributed by atoms with Crippen molar-refractivity contribution in [3.8, 4) is 6.07 Å². The number of hydrogen-bond donors (Lipinski definition) is 4. The van der Waals surface area contributed by atoms with Crippen LogP contribution >= 0.6 is 0 Å². The number of alkyl halides is 3. The van der Waals surface area contributed by atoms with Gasteiger partial charge in [0.25, 0.3) is 0 Å². The lowest BCUT2D eigenvalue weighted by molar-refractivity contribution is -0.137. The summed E-state index contributed by atoms with van der Waals surface area (Å²) in [6.45, 7) is 0. The van der Waals surface area contributed by atoms with Gasteiger partial charge in [0.1, 0.15) is 11.4 Å². The molecule has 0 radical (unpaired) electrons. The number of rotatable bonds is 5. The normalized spacial score (nSPS) is 10.7. The summed E-state index contributed by atoms with van der Waals surface area (Å²) in [6.07, 6.45) is -2.87. The number of nitrogens with one attached hydrogen (secondary N) is 4. The zero-order valence-electron chi connectivity index (χ0n) is 13.3. The molecule has 0 aliphatic rings. The van der Waals surface area contributed by atoms with Crippen LogP contribution in [0.3, 0.4) is 0 Å². The fraction of sp³-hybridized carbons (Fsp3) is 0.200. The van der Waals surface area contributed by atoms with Crippen LogP contribution in [0.5, 0.6) is 0 Å². The Morgan fingerprint density at radius 3 is 2.40 bits per heavy atom. The molecule has 0 aliphatic heterocycles. The van der Waals surface area contributed by atoms with Crippen LogP contribution in [-0.4, -0.2) is 30.3 Å². The Morgan fingerprint density at radius 1 is 1.20 bits per heavy atom. The molecular weight excluding hydrogens is 335 g/mol. The number of hydrogen-bond acceptors (Lipinski definition) is 7. The minimum atomic E-state index is -4.59. The number of halogens is 3. The van der Waals surface area contributed by atoms with Crippen molar-refractivity contribution in [2.24, 2.45) is 0 Å². The molecule has 2 aromatic rings. The average molecular weight is 349 g/mol. The van der Waals surface area contributed by atoms with Crippen molar-refractivity contribution in [1.82, 2.24) is 9.97 Å². The van der Waals surface area contributed by atoms with Gasteiger partial charge in [-0.1, -0.05) is 0 Å². The van der Waals surface area contributed by atoms with Gasteiger partial charge in [-0.3, -0.25) is 0 Å². The highest BCUT2D eigenvalue weighted by Gasteiger charge is 2.35. The molecule has 130 valence electrons. The van der Waals surface area contributed by atoms with Gasteiger partial charge in [-0.05, 0) is 12.1 Å². The Hall–Kier alpha value is -3.35. The van der Waals surface area contributed by atoms with Crippen LogP contribution in [0.2, 0.25) is 0 Å². The second-order valence-electron chi connectivity index (χ2n) is 4.82. The summed E-state index contributed by atoms with van der Waals surface area (Å²) in [6, 6.07) is 4.99. The Kier molecular flexibility index (Phi) is 5.07. The van der Waals surface area contributed by atoms with Crippen molar-refractivity contribution in [1.29, 1.82) is 10.7 Å². The molecule has 25 heavy (non-hydrogen) atoms. The van der Waals surface area contributed by atoms with E-state index in [-0.39, 0.29) is 11.8 Å². The molecular formula is C15H14F3N7. The van der Waals surface area contributed by atoms with Crippen LogP contribution < -0.4 is 16.0 Å². The quantitative estimate of drug-likeness (QED) is 0.617. The van der Waals surface area contributed by atoms with Crippen molar-refractivity contribution in [3.05, 3.63) is 35.0 Å². The summed E-state index contributed by atoms with van der Waals surface area (Å²) >= 11 is 0. The van der Waals surface area contributed by atoms with Gasteiger partial charge in [-0.25, -0.2) is 4.98 Å². The lowest BCUT2D eigenvalue weighted by Gasteiger charge is -2.15. The summed E-state index contributed by atoms with van der Waals surface area (Å²) < 4.78 is 38.7. The average Bonchev–Trinajstić information content (AvgIpc) is 2.59. The molecule has 0 unspecified atom stereocenters. The van der Waals surface area contributed by atoms with Gasteiger partial charge >= 0.3 is 6.18 Å². The Bertz CT molecular complexity index is 840. The lowest BCUT2D eigenvalue weighted by Crippen LogP contribution is -2.13. The van der Waals surface area contributed by atoms with Crippen molar-refractivity contribution >= 4 is 29.4 Å². The van der Waals surface area contributed by atoms with E-state index in [1.807, 2.05) is 6.07 Å². The summed E-state index contributed by atoms with van der Waals surface area (Å²) in [5.41, 5.74) is 0.557. The first-order valence-electron chi connectivity index (χ1n) is 6.99. The maximum Gasteiger partial charge on any atom is 0.421 e. The molecule has 0 saturated carbocycles. The van der Waals surface area contributed by atoms with Gasteiger partial charge in [0, 0.05) is 37.8 Å². The predicted octanol–water partition coefficient (Wildman–Crippen LogP) is 3.19. The Labute approximate surface area is 141 Å². The third-order valence-electron chi connectivity index (χ3n) is 3.30. The van der Waals surface area contributed by atoms with Crippen LogP contribution in [-0.2, 0) is 6.18 Å². The molecule has 0 bridgehead atoms. The summed E-state index contributed by atoms with van der Waals surface area (Å²) in [4.78, 5) is 7.48. The smallest absolute Gasteiger partial charge is 0.387 e. The molecule has 4 N–H and O–H groups in total. The molecule has 1 aromatic carbocycles. The van der Waals surface area contributed by atoms with Crippen molar-refractivity contribution in [3.63, 3.8) is 0 Å². The third kappa shape index (κ3) is 3.77. The van der Waals surface area contributed by atoms with Gasteiger partial charge < -0.3 is 21.4 Å². The second kappa shape index (κ2) is 7.04. The first-order chi connectivity index (χ1) is 11.8. The fourth-order valence-electron chi connectivity index (χ4n) is 2.14. The molecule has 1 heterocycles. The van der Waals surface area contributed by atoms with E-state index in [0.29, 0.717) is 28.7 Å². The van der Waals surface area contributed by atoms with Crippen molar-refractivity contribution in [2.45, 2.75) is 6.18 Å². The van der Waals surface area contributed by atoms with Crippen LogP contribution in [0, 0.1) is 16.7 Å². The molecule has 2 rings (SSSR count). The molecule has 0 fully saturated rings. The fourth-order valence-corrected chi connectivity index (χ4v) is 2.14. The monoisotopic (exact) mass is 349 g/mol. The first kappa shape index (κ1) is 18.0. The molecule has 0 saturated heterocycles. The topological polar surface area (TPSA) is 110 Å². The number of anilines is 4. The van der Waals surface area contributed by atoms with E-state index in [4.69, 9.17) is 10.7 Å². The van der Waals surface area contributed by atoms with E-state index in [1.54, 1.807) is 13.1 Å². The number of benzene rings is 1. The zero-order chi connectivity index (χ0) is 18.6. The second-order valence-corrected chi connectivity index (χ2v) is 4.82. The molecule has 0 aliphatic carbocycles. The summed E-state index contributed by atoms with van der Waals surface area (Å²) in [5, 5.41) is 24.6. The Balaban J connectivity index is 2.50. The molecule has 0 atom stereocenters. The first-order valence-corrected chi connectivity index (χ1v) is 6.99. The van der Waals surface area contributed by atoms with Crippen molar-refractivity contribution in [2.75, 3.05) is 30.0 Å². The highest BCUT2D eigenvalue weighted by atomic mass is 19.4. The number of nitrogens with zero attached hydrogens (tertiary/aromatic N) is 3. The SMILES string of the molecule is CNc1cc(C#N)cc(Nc2ncc(C(F)(F)F)c(NC)n2)c1C=N. The van der Waals surface area contributed by atoms with Crippen LogP contribution in [0.4, 0.5) is 36.3 Å². The largest absolute Gasteiger partial charge is 0.421 e. The summed E-state index contributed by atoms with van der Waals surface area (Å²) in [7, 11) is 2.95. The maximum atomic E-state index is 12.9. The van der Waals surface area contributed by atoms with Gasteiger partial charge in [0.15, 0.2) is 0 Å². The van der Waals surface area contributed by atoms with E-state index < -0.39 is 11.7 Å². The molecule has 0 amide bonds. The van der Waals surface area contributed by atoms with Gasteiger partial charge in [-0.15, -0.1) is 0 Å². The Morgan fingerprint density at radius 2 is 1.88 bits per heavy atom. The minimum Gasteiger partial charge on any atom is -0.387 e. The number of nitriles is 1. The maximum absolute atomic E-state index is 12.9. The highest BCUT2D eigenvalue weighted by molar-refractivity contribution is 5.95. The van der Waals surface area contributed by atoms with E-state index in [0.717, 1.165) is 6.21 Å². The lowest BCUT2D eigenvalue weighted by atomic mass is 10.1. The standard InChI is InChI=1S/C15H14F3N7/c1-21-11-3-8(5-19)4-12(9(11)6-20)24-14-23-7-10(15(16,17)18)13(22-2)25-14/h3-4,6-7,20-21H,1-2H3,(H2,22,23,24,25). The van der Waals surface area contributed by atoms with Crippen molar-refractivity contribution < 1.29 is 13.2 Å². The molecule has 10 heteroatoms. The number of aromatic nitrogens is 2. The predicted molar refractivity (Wildman–Crippen MR) is 88.5 cm³/mol. The van der Waals surface area contributed by atoms with E-state index in [1.165, 1.54) is 13.1 Å².